The molecule has 1 N–H and O–H groups in total. The third-order valence-electron chi connectivity index (χ3n) is 4.22. The molecule has 2 aromatic rings. The number of amides is 2. The fraction of sp³-hybridized carbons (Fsp3) is 0.222. The van der Waals surface area contributed by atoms with Crippen LogP contribution < -0.4 is 10.2 Å². The molecular weight excluding hydrogens is 358 g/mol. The Morgan fingerprint density at radius 1 is 1.27 bits per heavy atom. The maximum absolute atomic E-state index is 12.4. The van der Waals surface area contributed by atoms with Gasteiger partial charge in [-0.2, -0.15) is 0 Å². The average molecular weight is 374 g/mol. The number of anilines is 2. The van der Waals surface area contributed by atoms with Gasteiger partial charge in [0.15, 0.2) is 0 Å². The highest BCUT2D eigenvalue weighted by atomic mass is 35.5. The first-order valence-corrected chi connectivity index (χ1v) is 8.41. The van der Waals surface area contributed by atoms with Gasteiger partial charge in [0.2, 0.25) is 5.91 Å². The average Bonchev–Trinajstić information content (AvgIpc) is 3.01. The van der Waals surface area contributed by atoms with Crippen LogP contribution in [0.3, 0.4) is 0 Å². The predicted octanol–water partition coefficient (Wildman–Crippen LogP) is 3.94. The van der Waals surface area contributed by atoms with Crippen LogP contribution in [0.25, 0.3) is 0 Å². The van der Waals surface area contributed by atoms with E-state index in [1.807, 2.05) is 6.92 Å². The quantitative estimate of drug-likeness (QED) is 0.649. The van der Waals surface area contributed by atoms with E-state index in [9.17, 15) is 19.7 Å². The lowest BCUT2D eigenvalue weighted by atomic mass is 10.1. The summed E-state index contributed by atoms with van der Waals surface area (Å²) in [6.07, 6.45) is 1.39. The Kier molecular flexibility index (Phi) is 4.90. The molecule has 134 valence electrons. The molecule has 0 saturated carbocycles. The van der Waals surface area contributed by atoms with Crippen LogP contribution in [0.5, 0.6) is 0 Å². The molecule has 0 radical (unpaired) electrons. The molecule has 1 saturated heterocycles. The van der Waals surface area contributed by atoms with E-state index in [1.165, 1.54) is 12.1 Å². The molecule has 1 heterocycles. The summed E-state index contributed by atoms with van der Waals surface area (Å²) in [5.41, 5.74) is 2.05. The van der Waals surface area contributed by atoms with Crippen LogP contribution in [0.4, 0.5) is 17.1 Å². The number of hydrogen-bond acceptors (Lipinski definition) is 4. The lowest BCUT2D eigenvalue weighted by Crippen LogP contribution is -2.24. The first-order chi connectivity index (χ1) is 12.4. The van der Waals surface area contributed by atoms with Crippen LogP contribution in [0.15, 0.2) is 36.4 Å². The Morgan fingerprint density at radius 3 is 2.65 bits per heavy atom. The van der Waals surface area contributed by atoms with E-state index in [4.69, 9.17) is 11.6 Å². The molecule has 0 atom stereocenters. The zero-order valence-electron chi connectivity index (χ0n) is 14.0. The van der Waals surface area contributed by atoms with E-state index in [1.54, 1.807) is 23.1 Å². The largest absolute Gasteiger partial charge is 0.322 e. The van der Waals surface area contributed by atoms with Crippen LogP contribution in [0, 0.1) is 17.0 Å². The van der Waals surface area contributed by atoms with Crippen molar-refractivity contribution in [1.29, 1.82) is 0 Å². The van der Waals surface area contributed by atoms with E-state index < -0.39 is 10.8 Å². The van der Waals surface area contributed by atoms with Crippen molar-refractivity contribution in [1.82, 2.24) is 0 Å². The van der Waals surface area contributed by atoms with E-state index in [-0.39, 0.29) is 22.2 Å². The fourth-order valence-corrected chi connectivity index (χ4v) is 3.12. The zero-order chi connectivity index (χ0) is 18.8. The molecule has 2 amide bonds. The zero-order valence-corrected chi connectivity index (χ0v) is 14.7. The van der Waals surface area contributed by atoms with Crippen LogP contribution in [-0.2, 0) is 4.79 Å². The van der Waals surface area contributed by atoms with Gasteiger partial charge in [0, 0.05) is 36.0 Å². The highest BCUT2D eigenvalue weighted by Crippen LogP contribution is 2.28. The van der Waals surface area contributed by atoms with Gasteiger partial charge in [0.25, 0.3) is 11.6 Å². The minimum absolute atomic E-state index is 0.0259. The van der Waals surface area contributed by atoms with Crippen molar-refractivity contribution >= 4 is 40.5 Å². The van der Waals surface area contributed by atoms with Crippen molar-refractivity contribution in [3.8, 4) is 0 Å². The van der Waals surface area contributed by atoms with Gasteiger partial charge in [0.1, 0.15) is 5.02 Å². The number of nitrogens with zero attached hydrogens (tertiary/aromatic N) is 2. The van der Waals surface area contributed by atoms with Crippen molar-refractivity contribution < 1.29 is 14.5 Å². The number of halogens is 1. The van der Waals surface area contributed by atoms with Gasteiger partial charge in [-0.25, -0.2) is 0 Å². The second-order valence-corrected chi connectivity index (χ2v) is 6.43. The number of carbonyl (C=O) groups excluding carboxylic acids is 2. The molecule has 0 bridgehead atoms. The monoisotopic (exact) mass is 373 g/mol. The topological polar surface area (TPSA) is 92.5 Å². The Morgan fingerprint density at radius 2 is 2.04 bits per heavy atom. The molecule has 1 fully saturated rings. The summed E-state index contributed by atoms with van der Waals surface area (Å²) in [6, 6.07) is 9.15. The van der Waals surface area contributed by atoms with E-state index in [2.05, 4.69) is 5.32 Å². The third-order valence-corrected chi connectivity index (χ3v) is 4.54. The summed E-state index contributed by atoms with van der Waals surface area (Å²) in [6.45, 7) is 2.56. The molecule has 0 spiro atoms. The molecule has 1 aliphatic rings. The van der Waals surface area contributed by atoms with Crippen molar-refractivity contribution in [3.05, 3.63) is 62.7 Å². The predicted molar refractivity (Wildman–Crippen MR) is 98.8 cm³/mol. The number of nitro groups is 1. The Bertz CT molecular complexity index is 913. The number of benzene rings is 2. The number of nitro benzene ring substituents is 1. The highest BCUT2D eigenvalue weighted by molar-refractivity contribution is 6.32. The first-order valence-electron chi connectivity index (χ1n) is 8.03. The summed E-state index contributed by atoms with van der Waals surface area (Å²) in [5.74, 6) is -0.382. The highest BCUT2D eigenvalue weighted by Gasteiger charge is 2.23. The molecule has 26 heavy (non-hydrogen) atoms. The lowest BCUT2D eigenvalue weighted by Gasteiger charge is -2.19. The van der Waals surface area contributed by atoms with E-state index >= 15 is 0 Å². The molecular formula is C18H16ClN3O4. The molecule has 0 aromatic heterocycles. The van der Waals surface area contributed by atoms with Gasteiger partial charge in [-0.3, -0.25) is 19.7 Å². The summed E-state index contributed by atoms with van der Waals surface area (Å²) < 4.78 is 0. The van der Waals surface area contributed by atoms with Crippen molar-refractivity contribution in [2.24, 2.45) is 0 Å². The van der Waals surface area contributed by atoms with Gasteiger partial charge in [-0.05, 0) is 49.2 Å². The van der Waals surface area contributed by atoms with Gasteiger partial charge < -0.3 is 10.2 Å². The number of aryl methyl sites for hydroxylation is 1. The van der Waals surface area contributed by atoms with Gasteiger partial charge in [0.05, 0.1) is 4.92 Å². The van der Waals surface area contributed by atoms with E-state index in [0.29, 0.717) is 18.7 Å². The molecule has 7 nitrogen and oxygen atoms in total. The van der Waals surface area contributed by atoms with Gasteiger partial charge in [-0.1, -0.05) is 11.6 Å². The van der Waals surface area contributed by atoms with Gasteiger partial charge >= 0.3 is 0 Å². The van der Waals surface area contributed by atoms with E-state index in [0.717, 1.165) is 23.7 Å². The summed E-state index contributed by atoms with van der Waals surface area (Å²) in [5, 5.41) is 13.6. The minimum Gasteiger partial charge on any atom is -0.322 e. The molecule has 8 heteroatoms. The van der Waals surface area contributed by atoms with Gasteiger partial charge in [-0.15, -0.1) is 0 Å². The molecule has 0 unspecified atom stereocenters. The van der Waals surface area contributed by atoms with Crippen molar-refractivity contribution in [2.45, 2.75) is 19.8 Å². The van der Waals surface area contributed by atoms with Crippen molar-refractivity contribution in [3.63, 3.8) is 0 Å². The normalized spacial score (nSPS) is 13.8. The number of rotatable bonds is 4. The molecule has 2 aromatic carbocycles. The lowest BCUT2D eigenvalue weighted by molar-refractivity contribution is -0.384. The second-order valence-electron chi connectivity index (χ2n) is 6.03. The SMILES string of the molecule is Cc1cc(NC(=O)c2ccc(Cl)c([N+](=O)[O-])c2)ccc1N1CCCC1=O. The van der Waals surface area contributed by atoms with Crippen LogP contribution in [0.2, 0.25) is 5.02 Å². The van der Waals surface area contributed by atoms with Crippen molar-refractivity contribution in [2.75, 3.05) is 16.8 Å². The molecule has 1 aliphatic heterocycles. The number of hydrogen-bond donors (Lipinski definition) is 1. The Balaban J connectivity index is 1.80. The first kappa shape index (κ1) is 17.9. The maximum atomic E-state index is 12.4. The number of carbonyl (C=O) groups is 2. The Labute approximate surface area is 154 Å². The summed E-state index contributed by atoms with van der Waals surface area (Å²) in [7, 11) is 0. The second kappa shape index (κ2) is 7.13. The third kappa shape index (κ3) is 3.52. The smallest absolute Gasteiger partial charge is 0.288 e. The fourth-order valence-electron chi connectivity index (χ4n) is 2.94. The van der Waals surface area contributed by atoms with Crippen LogP contribution in [-0.4, -0.2) is 23.3 Å². The standard InChI is InChI=1S/C18H16ClN3O4/c1-11-9-13(5-7-15(11)21-8-2-3-17(21)23)20-18(24)12-4-6-14(19)16(10-12)22(25)26/h4-7,9-10H,2-3,8H2,1H3,(H,20,24). The number of nitrogens with one attached hydrogen (secondary N) is 1. The summed E-state index contributed by atoms with van der Waals surface area (Å²) >= 11 is 5.76. The molecule has 0 aliphatic carbocycles. The molecule has 3 rings (SSSR count). The van der Waals surface area contributed by atoms with Crippen LogP contribution in [0.1, 0.15) is 28.8 Å². The maximum Gasteiger partial charge on any atom is 0.288 e. The minimum atomic E-state index is -0.634. The Hall–Kier alpha value is -2.93. The van der Waals surface area contributed by atoms with Crippen LogP contribution >= 0.6 is 11.6 Å². The summed E-state index contributed by atoms with van der Waals surface area (Å²) in [4.78, 5) is 36.3.